The second kappa shape index (κ2) is 5.83. The van der Waals surface area contributed by atoms with Crippen molar-refractivity contribution in [2.45, 2.75) is 19.8 Å². The minimum Gasteiger partial charge on any atom is -0.301 e. The second-order valence-corrected chi connectivity index (χ2v) is 5.70. The first-order valence-electron chi connectivity index (χ1n) is 5.32. The molecule has 2 heterocycles. The number of nitrogens with zero attached hydrogens (tertiary/aromatic N) is 2. The number of anilines is 1. The molecule has 2 rings (SSSR count). The highest BCUT2D eigenvalue weighted by Gasteiger charge is 2.11. The SMILES string of the molecule is Cc1nnc(NC(=O)CCC(=O)c2cccs2)s1. The number of carbonyl (C=O) groups excluding carboxylic acids is 2. The maximum absolute atomic E-state index is 11.7. The number of aromatic nitrogens is 2. The third kappa shape index (κ3) is 3.44. The molecule has 0 aliphatic carbocycles. The van der Waals surface area contributed by atoms with Gasteiger partial charge in [0, 0.05) is 12.8 Å². The molecule has 0 saturated carbocycles. The van der Waals surface area contributed by atoms with E-state index in [1.807, 2.05) is 18.4 Å². The lowest BCUT2D eigenvalue weighted by molar-refractivity contribution is -0.116. The van der Waals surface area contributed by atoms with Crippen LogP contribution in [0.2, 0.25) is 0 Å². The van der Waals surface area contributed by atoms with Crippen molar-refractivity contribution in [2.24, 2.45) is 0 Å². The van der Waals surface area contributed by atoms with Crippen molar-refractivity contribution < 1.29 is 9.59 Å². The van der Waals surface area contributed by atoms with E-state index in [9.17, 15) is 9.59 Å². The van der Waals surface area contributed by atoms with Crippen LogP contribution < -0.4 is 5.32 Å². The molecule has 0 unspecified atom stereocenters. The number of nitrogens with one attached hydrogen (secondary N) is 1. The van der Waals surface area contributed by atoms with Gasteiger partial charge in [0.15, 0.2) is 5.78 Å². The molecule has 18 heavy (non-hydrogen) atoms. The van der Waals surface area contributed by atoms with Crippen molar-refractivity contribution in [3.63, 3.8) is 0 Å². The van der Waals surface area contributed by atoms with E-state index >= 15 is 0 Å². The third-order valence-corrected chi connectivity index (χ3v) is 3.81. The Labute approximate surface area is 112 Å². The molecule has 1 amide bonds. The summed E-state index contributed by atoms with van der Waals surface area (Å²) in [5, 5.41) is 13.3. The van der Waals surface area contributed by atoms with Crippen molar-refractivity contribution in [3.05, 3.63) is 27.4 Å². The number of aryl methyl sites for hydroxylation is 1. The highest BCUT2D eigenvalue weighted by atomic mass is 32.1. The predicted octanol–water partition coefficient (Wildman–Crippen LogP) is 2.51. The van der Waals surface area contributed by atoms with Gasteiger partial charge in [-0.1, -0.05) is 17.4 Å². The van der Waals surface area contributed by atoms with Crippen LogP contribution in [0.4, 0.5) is 5.13 Å². The quantitative estimate of drug-likeness (QED) is 0.855. The number of amides is 1. The molecular formula is C11H11N3O2S2. The summed E-state index contributed by atoms with van der Waals surface area (Å²) in [6, 6.07) is 3.58. The maximum atomic E-state index is 11.7. The van der Waals surface area contributed by atoms with Crippen LogP contribution in [0.5, 0.6) is 0 Å². The van der Waals surface area contributed by atoms with Gasteiger partial charge < -0.3 is 5.32 Å². The van der Waals surface area contributed by atoms with Crippen molar-refractivity contribution in [1.82, 2.24) is 10.2 Å². The van der Waals surface area contributed by atoms with Gasteiger partial charge in [-0.3, -0.25) is 9.59 Å². The fourth-order valence-electron chi connectivity index (χ4n) is 1.32. The van der Waals surface area contributed by atoms with Gasteiger partial charge in [-0.15, -0.1) is 21.5 Å². The van der Waals surface area contributed by atoms with Gasteiger partial charge in [0.1, 0.15) is 5.01 Å². The Balaban J connectivity index is 1.80. The van der Waals surface area contributed by atoms with Crippen LogP contribution in [0.15, 0.2) is 17.5 Å². The fourth-order valence-corrected chi connectivity index (χ4v) is 2.62. The van der Waals surface area contributed by atoms with Gasteiger partial charge in [-0.2, -0.15) is 0 Å². The lowest BCUT2D eigenvalue weighted by atomic mass is 10.2. The molecule has 7 heteroatoms. The molecule has 5 nitrogen and oxygen atoms in total. The summed E-state index contributed by atoms with van der Waals surface area (Å²) in [6.45, 7) is 1.81. The maximum Gasteiger partial charge on any atom is 0.226 e. The van der Waals surface area contributed by atoms with Crippen molar-refractivity contribution >= 4 is 39.5 Å². The molecule has 1 N–H and O–H groups in total. The van der Waals surface area contributed by atoms with Gasteiger partial charge in [0.25, 0.3) is 0 Å². The number of rotatable bonds is 5. The topological polar surface area (TPSA) is 72.0 Å². The van der Waals surface area contributed by atoms with Crippen LogP contribution in [-0.2, 0) is 4.79 Å². The molecule has 0 saturated heterocycles. The number of Topliss-reactive ketones (excluding diaryl/α,β-unsaturated/α-hetero) is 1. The normalized spacial score (nSPS) is 10.3. The molecule has 94 valence electrons. The summed E-state index contributed by atoms with van der Waals surface area (Å²) in [4.78, 5) is 23.9. The number of thiophene rings is 1. The Morgan fingerprint density at radius 1 is 1.33 bits per heavy atom. The number of hydrogen-bond donors (Lipinski definition) is 1. The first-order valence-corrected chi connectivity index (χ1v) is 7.01. The minimum absolute atomic E-state index is 0.00593. The molecule has 0 spiro atoms. The highest BCUT2D eigenvalue weighted by molar-refractivity contribution is 7.15. The molecule has 0 aliphatic rings. The molecule has 2 aromatic heterocycles. The summed E-state index contributed by atoms with van der Waals surface area (Å²) in [7, 11) is 0. The molecule has 0 aliphatic heterocycles. The number of carbonyl (C=O) groups is 2. The van der Waals surface area contributed by atoms with E-state index in [1.165, 1.54) is 22.7 Å². The van der Waals surface area contributed by atoms with Crippen LogP contribution in [0.3, 0.4) is 0 Å². The molecule has 2 aromatic rings. The average Bonchev–Trinajstić information content (AvgIpc) is 2.97. The molecule has 0 aromatic carbocycles. The van der Waals surface area contributed by atoms with E-state index in [-0.39, 0.29) is 24.5 Å². The highest BCUT2D eigenvalue weighted by Crippen LogP contribution is 2.15. The van der Waals surface area contributed by atoms with E-state index in [0.29, 0.717) is 10.0 Å². The lowest BCUT2D eigenvalue weighted by Crippen LogP contribution is -2.13. The molecule has 0 fully saturated rings. The van der Waals surface area contributed by atoms with Crippen LogP contribution in [0, 0.1) is 6.92 Å². The Kier molecular flexibility index (Phi) is 4.16. The van der Waals surface area contributed by atoms with Crippen molar-refractivity contribution in [1.29, 1.82) is 0 Å². The smallest absolute Gasteiger partial charge is 0.226 e. The van der Waals surface area contributed by atoms with Crippen molar-refractivity contribution in [3.8, 4) is 0 Å². The summed E-state index contributed by atoms with van der Waals surface area (Å²) < 4.78 is 0. The third-order valence-electron chi connectivity index (χ3n) is 2.15. The van der Waals surface area contributed by atoms with E-state index in [0.717, 1.165) is 5.01 Å². The lowest BCUT2D eigenvalue weighted by Gasteiger charge is -1.99. The molecule has 0 bridgehead atoms. The monoisotopic (exact) mass is 281 g/mol. The Hall–Kier alpha value is -1.60. The zero-order valence-electron chi connectivity index (χ0n) is 9.67. The van der Waals surface area contributed by atoms with Crippen LogP contribution in [0.25, 0.3) is 0 Å². The van der Waals surface area contributed by atoms with E-state index < -0.39 is 0 Å². The Bertz CT molecular complexity index is 548. The Morgan fingerprint density at radius 2 is 2.17 bits per heavy atom. The predicted molar refractivity (Wildman–Crippen MR) is 71.2 cm³/mol. The van der Waals surface area contributed by atoms with Gasteiger partial charge in [-0.05, 0) is 18.4 Å². The molecule has 0 radical (unpaired) electrons. The van der Waals surface area contributed by atoms with Crippen LogP contribution in [0.1, 0.15) is 27.5 Å². The van der Waals surface area contributed by atoms with Crippen molar-refractivity contribution in [2.75, 3.05) is 5.32 Å². The summed E-state index contributed by atoms with van der Waals surface area (Å²) in [5.74, 6) is -0.218. The summed E-state index contributed by atoms with van der Waals surface area (Å²) >= 11 is 2.70. The van der Waals surface area contributed by atoms with E-state index in [2.05, 4.69) is 15.5 Å². The average molecular weight is 281 g/mol. The Morgan fingerprint density at radius 3 is 2.78 bits per heavy atom. The van der Waals surface area contributed by atoms with E-state index in [1.54, 1.807) is 6.07 Å². The molecular weight excluding hydrogens is 270 g/mol. The first kappa shape index (κ1) is 12.8. The van der Waals surface area contributed by atoms with Gasteiger partial charge >= 0.3 is 0 Å². The minimum atomic E-state index is -0.212. The van der Waals surface area contributed by atoms with E-state index in [4.69, 9.17) is 0 Å². The summed E-state index contributed by atoms with van der Waals surface area (Å²) in [5.41, 5.74) is 0. The number of ketones is 1. The molecule has 0 atom stereocenters. The number of hydrogen-bond acceptors (Lipinski definition) is 6. The second-order valence-electron chi connectivity index (χ2n) is 3.57. The zero-order chi connectivity index (χ0) is 13.0. The van der Waals surface area contributed by atoms with Crippen LogP contribution >= 0.6 is 22.7 Å². The van der Waals surface area contributed by atoms with Gasteiger partial charge in [0.2, 0.25) is 11.0 Å². The first-order chi connectivity index (χ1) is 8.65. The van der Waals surface area contributed by atoms with Gasteiger partial charge in [-0.25, -0.2) is 0 Å². The van der Waals surface area contributed by atoms with Gasteiger partial charge in [0.05, 0.1) is 4.88 Å². The zero-order valence-corrected chi connectivity index (χ0v) is 11.3. The summed E-state index contributed by atoms with van der Waals surface area (Å²) in [6.07, 6.45) is 0.374. The standard InChI is InChI=1S/C11H11N3O2S2/c1-7-13-14-11(18-7)12-10(16)5-4-8(15)9-3-2-6-17-9/h2-3,6H,4-5H2,1H3,(H,12,14,16). The van der Waals surface area contributed by atoms with Crippen LogP contribution in [-0.4, -0.2) is 21.9 Å². The largest absolute Gasteiger partial charge is 0.301 e. The fraction of sp³-hybridized carbons (Fsp3) is 0.273.